The number of fused-ring (bicyclic) bond motifs is 1. The maximum Gasteiger partial charge on any atom is 0.262 e. The maximum absolute atomic E-state index is 13.0. The second-order valence-electron chi connectivity index (χ2n) is 7.37. The lowest BCUT2D eigenvalue weighted by Gasteiger charge is -2.26. The number of hydrogen-bond donors (Lipinski definition) is 0. The molecule has 1 aromatic carbocycles. The quantitative estimate of drug-likeness (QED) is 0.384. The van der Waals surface area contributed by atoms with Crippen LogP contribution >= 0.6 is 11.8 Å². The highest BCUT2D eigenvalue weighted by molar-refractivity contribution is 7.99. The van der Waals surface area contributed by atoms with Crippen molar-refractivity contribution in [1.29, 1.82) is 0 Å². The normalized spacial score (nSPS) is 14.8. The van der Waals surface area contributed by atoms with E-state index in [4.69, 9.17) is 4.74 Å². The van der Waals surface area contributed by atoms with Crippen LogP contribution in [0.15, 0.2) is 34.2 Å². The maximum atomic E-state index is 13.0. The molecule has 2 heterocycles. The Balaban J connectivity index is 1.77. The number of likely N-dealkylation sites (tertiary alicyclic amines) is 1. The van der Waals surface area contributed by atoms with Crippen molar-refractivity contribution in [1.82, 2.24) is 14.5 Å². The summed E-state index contributed by atoms with van der Waals surface area (Å²) >= 11 is 1.36. The Kier molecular flexibility index (Phi) is 7.50. The molecule has 1 fully saturated rings. The summed E-state index contributed by atoms with van der Waals surface area (Å²) in [4.78, 5) is 32.1. The number of nitrogens with zero attached hydrogens (tertiary/aromatic N) is 3. The average Bonchev–Trinajstić information content (AvgIpc) is 2.71. The summed E-state index contributed by atoms with van der Waals surface area (Å²) in [5.41, 5.74) is 0.623. The van der Waals surface area contributed by atoms with Crippen LogP contribution < -0.4 is 5.56 Å². The Morgan fingerprint density at radius 1 is 1.21 bits per heavy atom. The van der Waals surface area contributed by atoms with Crippen molar-refractivity contribution in [3.05, 3.63) is 34.6 Å². The van der Waals surface area contributed by atoms with Gasteiger partial charge in [-0.05, 0) is 51.7 Å². The van der Waals surface area contributed by atoms with Gasteiger partial charge in [0.05, 0.1) is 22.8 Å². The van der Waals surface area contributed by atoms with E-state index in [1.807, 2.05) is 36.9 Å². The third kappa shape index (κ3) is 5.35. The zero-order valence-electron chi connectivity index (χ0n) is 16.7. The minimum Gasteiger partial charge on any atom is -0.379 e. The van der Waals surface area contributed by atoms with Crippen LogP contribution in [-0.4, -0.2) is 51.9 Å². The topological polar surface area (TPSA) is 64.4 Å². The molecule has 3 rings (SSSR count). The number of carbonyl (C=O) groups is 1. The summed E-state index contributed by atoms with van der Waals surface area (Å²) in [5.74, 6) is 0.439. The molecule has 152 valence electrons. The molecule has 0 radical (unpaired) electrons. The fourth-order valence-corrected chi connectivity index (χ4v) is 4.29. The fraction of sp³-hybridized carbons (Fsp3) is 0.571. The molecule has 28 heavy (non-hydrogen) atoms. The van der Waals surface area contributed by atoms with E-state index < -0.39 is 0 Å². The van der Waals surface area contributed by atoms with E-state index >= 15 is 0 Å². The van der Waals surface area contributed by atoms with Gasteiger partial charge in [-0.3, -0.25) is 14.2 Å². The highest BCUT2D eigenvalue weighted by atomic mass is 32.2. The number of thioether (sulfide) groups is 1. The summed E-state index contributed by atoms with van der Waals surface area (Å²) in [6, 6.07) is 7.38. The highest BCUT2D eigenvalue weighted by Gasteiger charge is 2.18. The molecule has 2 aromatic rings. The number of hydrogen-bond acceptors (Lipinski definition) is 5. The summed E-state index contributed by atoms with van der Waals surface area (Å²) in [7, 11) is 0. The van der Waals surface area contributed by atoms with E-state index in [0.29, 0.717) is 35.0 Å². The summed E-state index contributed by atoms with van der Waals surface area (Å²) in [6.45, 7) is 6.79. The monoisotopic (exact) mass is 403 g/mol. The van der Waals surface area contributed by atoms with Crippen LogP contribution in [0.3, 0.4) is 0 Å². The largest absolute Gasteiger partial charge is 0.379 e. The van der Waals surface area contributed by atoms with Crippen LogP contribution in [0, 0.1) is 0 Å². The Bertz CT molecular complexity index is 860. The number of aromatic nitrogens is 2. The first-order valence-electron chi connectivity index (χ1n) is 10.1. The molecule has 0 atom stereocenters. The van der Waals surface area contributed by atoms with Crippen LogP contribution in [0.25, 0.3) is 10.9 Å². The second-order valence-corrected chi connectivity index (χ2v) is 8.31. The number of para-hydroxylation sites is 1. The van der Waals surface area contributed by atoms with Crippen molar-refractivity contribution in [3.8, 4) is 0 Å². The van der Waals surface area contributed by atoms with Crippen LogP contribution in [0.5, 0.6) is 0 Å². The molecule has 1 aliphatic heterocycles. The highest BCUT2D eigenvalue weighted by Crippen LogP contribution is 2.20. The van der Waals surface area contributed by atoms with Gasteiger partial charge in [-0.25, -0.2) is 4.98 Å². The minimum atomic E-state index is -0.0527. The molecule has 1 saturated heterocycles. The molecule has 0 bridgehead atoms. The van der Waals surface area contributed by atoms with Crippen molar-refractivity contribution in [2.24, 2.45) is 0 Å². The van der Waals surface area contributed by atoms with Crippen LogP contribution in [0.2, 0.25) is 0 Å². The first kappa shape index (κ1) is 20.9. The van der Waals surface area contributed by atoms with Gasteiger partial charge in [-0.2, -0.15) is 0 Å². The molecule has 1 aromatic heterocycles. The molecule has 0 spiro atoms. The Labute approximate surface area is 170 Å². The molecular weight excluding hydrogens is 374 g/mol. The van der Waals surface area contributed by atoms with Gasteiger partial charge in [-0.15, -0.1) is 0 Å². The molecule has 0 aliphatic carbocycles. The molecule has 1 amide bonds. The number of piperidine rings is 1. The first-order chi connectivity index (χ1) is 13.6. The van der Waals surface area contributed by atoms with Gasteiger partial charge in [0.25, 0.3) is 5.56 Å². The summed E-state index contributed by atoms with van der Waals surface area (Å²) < 4.78 is 7.30. The van der Waals surface area contributed by atoms with Crippen LogP contribution in [-0.2, 0) is 16.1 Å². The van der Waals surface area contributed by atoms with E-state index in [1.165, 1.54) is 18.2 Å². The molecule has 0 saturated carbocycles. The van der Waals surface area contributed by atoms with Crippen molar-refractivity contribution >= 4 is 28.6 Å². The average molecular weight is 404 g/mol. The molecule has 1 aliphatic rings. The van der Waals surface area contributed by atoms with E-state index in [1.54, 1.807) is 10.6 Å². The number of ether oxygens (including phenoxy) is 1. The molecule has 6 nitrogen and oxygen atoms in total. The van der Waals surface area contributed by atoms with Gasteiger partial charge in [-0.1, -0.05) is 23.9 Å². The summed E-state index contributed by atoms with van der Waals surface area (Å²) in [5, 5.41) is 1.22. The van der Waals surface area contributed by atoms with Gasteiger partial charge in [0.15, 0.2) is 5.16 Å². The van der Waals surface area contributed by atoms with Gasteiger partial charge in [0.1, 0.15) is 0 Å². The third-order valence-corrected chi connectivity index (χ3v) is 5.80. The van der Waals surface area contributed by atoms with Crippen molar-refractivity contribution in [3.63, 3.8) is 0 Å². The van der Waals surface area contributed by atoms with E-state index in [0.717, 1.165) is 32.4 Å². The van der Waals surface area contributed by atoms with E-state index in [-0.39, 0.29) is 17.6 Å². The standard InChI is InChI=1S/C21H29N3O3S/c1-16(2)27-14-8-13-24-20(26)17-9-4-5-10-18(17)22-21(24)28-15-19(25)23-11-6-3-7-12-23/h4-5,9-10,16H,3,6-8,11-15H2,1-2H3. The summed E-state index contributed by atoms with van der Waals surface area (Å²) in [6.07, 6.45) is 4.24. The van der Waals surface area contributed by atoms with E-state index in [9.17, 15) is 9.59 Å². The smallest absolute Gasteiger partial charge is 0.262 e. The first-order valence-corrected chi connectivity index (χ1v) is 11.1. The van der Waals surface area contributed by atoms with Crippen LogP contribution in [0.1, 0.15) is 39.5 Å². The third-order valence-electron chi connectivity index (χ3n) is 4.84. The Morgan fingerprint density at radius 3 is 2.71 bits per heavy atom. The minimum absolute atomic E-state index is 0.0527. The number of amides is 1. The molecule has 7 heteroatoms. The predicted octanol–water partition coefficient (Wildman–Crippen LogP) is 3.32. The lowest BCUT2D eigenvalue weighted by molar-refractivity contribution is -0.129. The zero-order chi connectivity index (χ0) is 19.9. The van der Waals surface area contributed by atoms with Gasteiger partial charge >= 0.3 is 0 Å². The molecular formula is C21H29N3O3S. The van der Waals surface area contributed by atoms with Gasteiger partial charge < -0.3 is 9.64 Å². The Hall–Kier alpha value is -1.86. The van der Waals surface area contributed by atoms with Crippen molar-refractivity contribution in [2.75, 3.05) is 25.4 Å². The fourth-order valence-electron chi connectivity index (χ4n) is 3.36. The molecule has 0 unspecified atom stereocenters. The second kappa shape index (κ2) is 10.1. The zero-order valence-corrected chi connectivity index (χ0v) is 17.5. The van der Waals surface area contributed by atoms with Gasteiger partial charge in [0, 0.05) is 26.2 Å². The lowest BCUT2D eigenvalue weighted by Crippen LogP contribution is -2.37. The van der Waals surface area contributed by atoms with Crippen LogP contribution in [0.4, 0.5) is 0 Å². The van der Waals surface area contributed by atoms with Gasteiger partial charge in [0.2, 0.25) is 5.91 Å². The lowest BCUT2D eigenvalue weighted by atomic mass is 10.1. The number of carbonyl (C=O) groups excluding carboxylic acids is 1. The van der Waals surface area contributed by atoms with Crippen molar-refractivity contribution < 1.29 is 9.53 Å². The van der Waals surface area contributed by atoms with Crippen molar-refractivity contribution in [2.45, 2.75) is 57.3 Å². The SMILES string of the molecule is CC(C)OCCCn1c(SCC(=O)N2CCCCC2)nc2ccccc2c1=O. The Morgan fingerprint density at radius 2 is 1.96 bits per heavy atom. The number of rotatable bonds is 8. The number of benzene rings is 1. The molecule has 0 N–H and O–H groups in total. The predicted molar refractivity (Wildman–Crippen MR) is 113 cm³/mol. The van der Waals surface area contributed by atoms with E-state index in [2.05, 4.69) is 4.98 Å².